The van der Waals surface area contributed by atoms with Gasteiger partial charge in [-0.25, -0.2) is 4.39 Å². The maximum absolute atomic E-state index is 13.9. The van der Waals surface area contributed by atoms with Crippen LogP contribution in [-0.2, 0) is 10.2 Å². The van der Waals surface area contributed by atoms with Crippen LogP contribution in [0.15, 0.2) is 18.2 Å². The fourth-order valence-electron chi connectivity index (χ4n) is 2.73. The topological polar surface area (TPSA) is 50.4 Å². The van der Waals surface area contributed by atoms with Gasteiger partial charge in [-0.1, -0.05) is 6.07 Å². The summed E-state index contributed by atoms with van der Waals surface area (Å²) in [6, 6.07) is 4.95. The monoisotopic (exact) mass is 266 g/mol. The van der Waals surface area contributed by atoms with Crippen molar-refractivity contribution >= 4 is 5.91 Å². The molecule has 19 heavy (non-hydrogen) atoms. The molecular formula is C14H19FN2O2. The number of amides is 1. The van der Waals surface area contributed by atoms with Crippen LogP contribution in [0, 0.1) is 5.82 Å². The maximum atomic E-state index is 13.9. The third-order valence-electron chi connectivity index (χ3n) is 3.70. The minimum absolute atomic E-state index is 0.0118. The first kappa shape index (κ1) is 13.8. The molecule has 0 spiro atoms. The summed E-state index contributed by atoms with van der Waals surface area (Å²) in [5, 5.41) is 5.93. The highest BCUT2D eigenvalue weighted by Gasteiger charge is 2.37. The van der Waals surface area contributed by atoms with Crippen LogP contribution in [0.4, 0.5) is 4.39 Å². The molecule has 1 aromatic rings. The van der Waals surface area contributed by atoms with Gasteiger partial charge < -0.3 is 15.4 Å². The van der Waals surface area contributed by atoms with Crippen LogP contribution < -0.4 is 15.4 Å². The van der Waals surface area contributed by atoms with Crippen molar-refractivity contribution in [3.05, 3.63) is 29.6 Å². The molecule has 0 radical (unpaired) electrons. The van der Waals surface area contributed by atoms with Crippen LogP contribution in [0.3, 0.4) is 0 Å². The Morgan fingerprint density at radius 3 is 2.89 bits per heavy atom. The lowest BCUT2D eigenvalue weighted by atomic mass is 9.73. The third-order valence-corrected chi connectivity index (χ3v) is 3.70. The fourth-order valence-corrected chi connectivity index (χ4v) is 2.73. The van der Waals surface area contributed by atoms with Crippen molar-refractivity contribution in [3.8, 4) is 5.75 Å². The molecule has 0 aliphatic carbocycles. The van der Waals surface area contributed by atoms with Crippen LogP contribution in [0.2, 0.25) is 0 Å². The Labute approximate surface area is 112 Å². The number of benzene rings is 1. The van der Waals surface area contributed by atoms with Crippen LogP contribution in [0.1, 0.15) is 18.4 Å². The molecule has 1 aliphatic rings. The van der Waals surface area contributed by atoms with Gasteiger partial charge in [0, 0.05) is 24.9 Å². The molecule has 1 atom stereocenters. The van der Waals surface area contributed by atoms with Crippen LogP contribution >= 0.6 is 0 Å². The second-order valence-corrected chi connectivity index (χ2v) is 4.94. The van der Waals surface area contributed by atoms with Gasteiger partial charge in [0.25, 0.3) is 0 Å². The Kier molecular flexibility index (Phi) is 4.04. The van der Waals surface area contributed by atoms with Gasteiger partial charge >= 0.3 is 0 Å². The highest BCUT2D eigenvalue weighted by atomic mass is 19.1. The van der Waals surface area contributed by atoms with Crippen molar-refractivity contribution in [3.63, 3.8) is 0 Å². The molecule has 1 unspecified atom stereocenters. The predicted molar refractivity (Wildman–Crippen MR) is 70.8 cm³/mol. The third kappa shape index (κ3) is 2.71. The normalized spacial score (nSPS) is 23.0. The van der Waals surface area contributed by atoms with Crippen LogP contribution in [0.25, 0.3) is 0 Å². The lowest BCUT2D eigenvalue weighted by Crippen LogP contribution is -2.48. The molecule has 1 aromatic carbocycles. The first-order valence-electron chi connectivity index (χ1n) is 6.36. The van der Waals surface area contributed by atoms with Crippen LogP contribution in [-0.4, -0.2) is 33.2 Å². The summed E-state index contributed by atoms with van der Waals surface area (Å²) in [5.74, 6) is -0.150. The van der Waals surface area contributed by atoms with Gasteiger partial charge in [-0.3, -0.25) is 4.79 Å². The smallest absolute Gasteiger partial charge is 0.220 e. The summed E-state index contributed by atoms with van der Waals surface area (Å²) in [5.41, 5.74) is 0.500. The van der Waals surface area contributed by atoms with Gasteiger partial charge in [0.2, 0.25) is 5.91 Å². The quantitative estimate of drug-likeness (QED) is 0.861. The number of halogens is 1. The first-order chi connectivity index (χ1) is 9.11. The second-order valence-electron chi connectivity index (χ2n) is 4.94. The average Bonchev–Trinajstić information content (AvgIpc) is 2.39. The lowest BCUT2D eigenvalue weighted by molar-refractivity contribution is -0.124. The molecule has 0 bridgehead atoms. The minimum atomic E-state index is -0.388. The summed E-state index contributed by atoms with van der Waals surface area (Å²) in [6.45, 7) is 1.26. The summed E-state index contributed by atoms with van der Waals surface area (Å²) in [6.07, 6.45) is 1.17. The Bertz CT molecular complexity index is 475. The largest absolute Gasteiger partial charge is 0.494 e. The van der Waals surface area contributed by atoms with Gasteiger partial charge in [-0.15, -0.1) is 0 Å². The summed E-state index contributed by atoms with van der Waals surface area (Å²) >= 11 is 0. The summed E-state index contributed by atoms with van der Waals surface area (Å²) in [4.78, 5) is 11.7. The van der Waals surface area contributed by atoms with E-state index in [1.807, 2.05) is 13.1 Å². The first-order valence-corrected chi connectivity index (χ1v) is 6.36. The number of likely N-dealkylation sites (N-methyl/N-ethyl adjacent to an activating group) is 1. The zero-order valence-corrected chi connectivity index (χ0v) is 11.3. The van der Waals surface area contributed by atoms with Crippen LogP contribution in [0.5, 0.6) is 5.75 Å². The number of nitrogens with one attached hydrogen (secondary N) is 2. The van der Waals surface area contributed by atoms with E-state index in [2.05, 4.69) is 10.6 Å². The van der Waals surface area contributed by atoms with E-state index in [1.54, 1.807) is 6.07 Å². The maximum Gasteiger partial charge on any atom is 0.220 e. The second kappa shape index (κ2) is 5.57. The molecule has 1 fully saturated rings. The average molecular weight is 266 g/mol. The van der Waals surface area contributed by atoms with E-state index >= 15 is 0 Å². The van der Waals surface area contributed by atoms with Crippen molar-refractivity contribution in [2.75, 3.05) is 27.2 Å². The number of ether oxygens (including phenoxy) is 1. The Morgan fingerprint density at radius 1 is 1.53 bits per heavy atom. The van der Waals surface area contributed by atoms with E-state index < -0.39 is 0 Å². The molecule has 2 rings (SSSR count). The Balaban J connectivity index is 2.38. The molecule has 104 valence electrons. The zero-order chi connectivity index (χ0) is 13.9. The van der Waals surface area contributed by atoms with E-state index in [9.17, 15) is 9.18 Å². The molecule has 2 N–H and O–H groups in total. The zero-order valence-electron chi connectivity index (χ0n) is 11.3. The summed E-state index contributed by atoms with van der Waals surface area (Å²) in [7, 11) is 3.28. The van der Waals surface area contributed by atoms with Gasteiger partial charge in [-0.2, -0.15) is 0 Å². The van der Waals surface area contributed by atoms with E-state index in [1.165, 1.54) is 13.2 Å². The Hall–Kier alpha value is -1.62. The van der Waals surface area contributed by atoms with Gasteiger partial charge in [0.1, 0.15) is 0 Å². The number of hydrogen-bond donors (Lipinski definition) is 2. The number of rotatable bonds is 4. The highest BCUT2D eigenvalue weighted by molar-refractivity contribution is 5.78. The molecular weight excluding hydrogens is 247 g/mol. The standard InChI is InChI=1S/C14H19FN2O2/c1-16-9-14(5-6-17-13(18)8-14)10-3-4-12(19-2)11(15)7-10/h3-4,7,16H,5-6,8-9H2,1-2H3,(H,17,18). The number of methoxy groups -OCH3 is 1. The highest BCUT2D eigenvalue weighted by Crippen LogP contribution is 2.35. The van der Waals surface area contributed by atoms with Gasteiger partial charge in [-0.05, 0) is 31.2 Å². The van der Waals surface area contributed by atoms with E-state index in [4.69, 9.17) is 4.74 Å². The number of piperidine rings is 1. The molecule has 4 nitrogen and oxygen atoms in total. The van der Waals surface area contributed by atoms with Crippen molar-refractivity contribution in [1.82, 2.24) is 10.6 Å². The van der Waals surface area contributed by atoms with Crippen molar-refractivity contribution < 1.29 is 13.9 Å². The minimum Gasteiger partial charge on any atom is -0.494 e. The number of carbonyl (C=O) groups is 1. The van der Waals surface area contributed by atoms with E-state index in [0.29, 0.717) is 19.5 Å². The molecule has 1 aliphatic heterocycles. The molecule has 1 amide bonds. The van der Waals surface area contributed by atoms with Crippen molar-refractivity contribution in [2.24, 2.45) is 0 Å². The van der Waals surface area contributed by atoms with E-state index in [-0.39, 0.29) is 22.9 Å². The molecule has 5 heteroatoms. The Morgan fingerprint density at radius 2 is 2.32 bits per heavy atom. The molecule has 0 aromatic heterocycles. The molecule has 1 saturated heterocycles. The van der Waals surface area contributed by atoms with Gasteiger partial charge in [0.05, 0.1) is 7.11 Å². The molecule has 1 heterocycles. The van der Waals surface area contributed by atoms with E-state index in [0.717, 1.165) is 12.0 Å². The van der Waals surface area contributed by atoms with Gasteiger partial charge in [0.15, 0.2) is 11.6 Å². The summed E-state index contributed by atoms with van der Waals surface area (Å²) < 4.78 is 18.8. The fraction of sp³-hybridized carbons (Fsp3) is 0.500. The lowest BCUT2D eigenvalue weighted by Gasteiger charge is -2.37. The number of carbonyl (C=O) groups excluding carboxylic acids is 1. The van der Waals surface area contributed by atoms with Crippen molar-refractivity contribution in [2.45, 2.75) is 18.3 Å². The SMILES string of the molecule is CNCC1(c2ccc(OC)c(F)c2)CCNC(=O)C1. The van der Waals surface area contributed by atoms with Crippen molar-refractivity contribution in [1.29, 1.82) is 0 Å². The number of hydrogen-bond acceptors (Lipinski definition) is 3. The predicted octanol–water partition coefficient (Wildman–Crippen LogP) is 1.20. The molecule has 0 saturated carbocycles.